The van der Waals surface area contributed by atoms with E-state index in [-0.39, 0.29) is 5.56 Å². The van der Waals surface area contributed by atoms with Crippen molar-refractivity contribution in [2.45, 2.75) is 32.4 Å². The number of nitrogens with one attached hydrogen (secondary N) is 1. The van der Waals surface area contributed by atoms with Crippen LogP contribution in [0.1, 0.15) is 36.2 Å². The van der Waals surface area contributed by atoms with E-state index in [1.807, 2.05) is 13.0 Å². The minimum absolute atomic E-state index is 0.149. The molecular weight excluding hydrogens is 445 g/mol. The molecule has 2 saturated heterocycles. The highest BCUT2D eigenvalue weighted by Crippen LogP contribution is 2.32. The van der Waals surface area contributed by atoms with Gasteiger partial charge >= 0.3 is 0 Å². The number of piperazine rings is 1. The SMILES string of the molecule is Cc1nnc(N[C@H](C)c2cccc(C(F)F)c2F)c2cc(N3CCN4CCOC[C@@H]4C3)ncc12. The number of pyridine rings is 1. The molecule has 2 aliphatic heterocycles. The quantitative estimate of drug-likeness (QED) is 0.600. The van der Waals surface area contributed by atoms with E-state index >= 15 is 0 Å². The minimum atomic E-state index is -2.88. The third kappa shape index (κ3) is 4.27. The molecule has 2 fully saturated rings. The molecule has 34 heavy (non-hydrogen) atoms. The lowest BCUT2D eigenvalue weighted by molar-refractivity contribution is -0.0117. The topological polar surface area (TPSA) is 66.4 Å². The zero-order chi connectivity index (χ0) is 23.8. The zero-order valence-corrected chi connectivity index (χ0v) is 19.1. The summed E-state index contributed by atoms with van der Waals surface area (Å²) in [4.78, 5) is 9.37. The number of morpholine rings is 1. The monoisotopic (exact) mass is 472 g/mol. The van der Waals surface area contributed by atoms with Crippen LogP contribution in [-0.2, 0) is 4.74 Å². The zero-order valence-electron chi connectivity index (χ0n) is 19.1. The molecule has 0 radical (unpaired) electrons. The molecule has 0 amide bonds. The second kappa shape index (κ2) is 9.34. The van der Waals surface area contributed by atoms with Gasteiger partial charge in [0.2, 0.25) is 0 Å². The fraction of sp³-hybridized carbons (Fsp3) is 0.458. The van der Waals surface area contributed by atoms with Crippen molar-refractivity contribution in [3.8, 4) is 0 Å². The van der Waals surface area contributed by atoms with Gasteiger partial charge in [-0.15, -0.1) is 5.10 Å². The van der Waals surface area contributed by atoms with Crippen LogP contribution >= 0.6 is 0 Å². The van der Waals surface area contributed by atoms with Gasteiger partial charge in [0.05, 0.1) is 36.6 Å². The van der Waals surface area contributed by atoms with Crippen molar-refractivity contribution in [3.05, 3.63) is 53.1 Å². The molecule has 1 N–H and O–H groups in total. The second-order valence-electron chi connectivity index (χ2n) is 8.85. The Morgan fingerprint density at radius 1 is 1.12 bits per heavy atom. The van der Waals surface area contributed by atoms with E-state index in [2.05, 4.69) is 30.3 Å². The molecule has 0 saturated carbocycles. The van der Waals surface area contributed by atoms with E-state index in [4.69, 9.17) is 4.74 Å². The second-order valence-corrected chi connectivity index (χ2v) is 8.85. The summed E-state index contributed by atoms with van der Waals surface area (Å²) < 4.78 is 46.7. The lowest BCUT2D eigenvalue weighted by atomic mass is 10.0. The van der Waals surface area contributed by atoms with Gasteiger partial charge in [-0.3, -0.25) is 4.90 Å². The van der Waals surface area contributed by atoms with Crippen LogP contribution in [0, 0.1) is 12.7 Å². The molecule has 7 nitrogen and oxygen atoms in total. The Hall–Kier alpha value is -2.98. The predicted octanol–water partition coefficient (Wildman–Crippen LogP) is 4.10. The first-order chi connectivity index (χ1) is 16.4. The smallest absolute Gasteiger partial charge is 0.266 e. The Kier molecular flexibility index (Phi) is 6.26. The molecule has 4 heterocycles. The maximum Gasteiger partial charge on any atom is 0.266 e. The van der Waals surface area contributed by atoms with Gasteiger partial charge in [-0.1, -0.05) is 18.2 Å². The van der Waals surface area contributed by atoms with Gasteiger partial charge in [-0.2, -0.15) is 5.10 Å². The average molecular weight is 473 g/mol. The van der Waals surface area contributed by atoms with Gasteiger partial charge in [-0.05, 0) is 19.9 Å². The van der Waals surface area contributed by atoms with E-state index in [9.17, 15) is 13.2 Å². The molecule has 0 aliphatic carbocycles. The summed E-state index contributed by atoms with van der Waals surface area (Å²) >= 11 is 0. The molecule has 3 aromatic rings. The number of alkyl halides is 2. The van der Waals surface area contributed by atoms with Crippen molar-refractivity contribution < 1.29 is 17.9 Å². The first kappa shape index (κ1) is 22.8. The number of anilines is 2. The molecule has 0 spiro atoms. The van der Waals surface area contributed by atoms with Crippen LogP contribution in [-0.4, -0.2) is 65.5 Å². The number of fused-ring (bicyclic) bond motifs is 2. The highest BCUT2D eigenvalue weighted by Gasteiger charge is 2.30. The van der Waals surface area contributed by atoms with Crippen LogP contribution in [0.3, 0.4) is 0 Å². The normalized spacial score (nSPS) is 19.9. The number of ether oxygens (including phenoxy) is 1. The van der Waals surface area contributed by atoms with Crippen molar-refractivity contribution in [2.75, 3.05) is 49.6 Å². The van der Waals surface area contributed by atoms with Crippen LogP contribution in [0.5, 0.6) is 0 Å². The van der Waals surface area contributed by atoms with E-state index < -0.39 is 23.8 Å². The summed E-state index contributed by atoms with van der Waals surface area (Å²) in [6, 6.07) is 5.75. The standard InChI is InChI=1S/C24H27F3N6O/c1-14(17-4-3-5-18(22(17)25)23(26)27)29-24-19-10-21(28-11-20(19)15(2)30-31-24)33-7-6-32-8-9-34-13-16(32)12-33/h3-5,10-11,14,16,23H,6-9,12-13H2,1-2H3,(H,29,31)/t14-,16+/m1/s1. The third-order valence-corrected chi connectivity index (χ3v) is 6.71. The molecule has 5 rings (SSSR count). The Bertz CT molecular complexity index is 1190. The van der Waals surface area contributed by atoms with Crippen molar-refractivity contribution in [3.63, 3.8) is 0 Å². The summed E-state index contributed by atoms with van der Waals surface area (Å²) in [6.45, 7) is 8.63. The molecule has 0 bridgehead atoms. The van der Waals surface area contributed by atoms with Gasteiger partial charge in [0.25, 0.3) is 6.43 Å². The molecule has 2 atom stereocenters. The van der Waals surface area contributed by atoms with Crippen LogP contribution in [0.15, 0.2) is 30.5 Å². The van der Waals surface area contributed by atoms with Gasteiger partial charge in [0, 0.05) is 48.7 Å². The van der Waals surface area contributed by atoms with Crippen LogP contribution in [0.4, 0.5) is 24.8 Å². The molecule has 10 heteroatoms. The maximum absolute atomic E-state index is 14.7. The fourth-order valence-corrected chi connectivity index (χ4v) is 4.75. The molecule has 1 aromatic carbocycles. The van der Waals surface area contributed by atoms with Crippen molar-refractivity contribution in [2.24, 2.45) is 0 Å². The van der Waals surface area contributed by atoms with Gasteiger partial charge in [0.15, 0.2) is 5.82 Å². The molecular formula is C24H27F3N6O. The first-order valence-electron chi connectivity index (χ1n) is 11.4. The number of rotatable bonds is 5. The van der Waals surface area contributed by atoms with E-state index in [1.165, 1.54) is 12.1 Å². The lowest BCUT2D eigenvalue weighted by Crippen LogP contribution is -2.58. The van der Waals surface area contributed by atoms with Crippen LogP contribution < -0.4 is 10.2 Å². The summed E-state index contributed by atoms with van der Waals surface area (Å²) in [5.74, 6) is 0.377. The Labute approximate surface area is 195 Å². The Morgan fingerprint density at radius 3 is 2.76 bits per heavy atom. The largest absolute Gasteiger partial charge is 0.378 e. The van der Waals surface area contributed by atoms with Crippen molar-refractivity contribution in [1.29, 1.82) is 0 Å². The fourth-order valence-electron chi connectivity index (χ4n) is 4.75. The molecule has 0 unspecified atom stereocenters. The van der Waals surface area contributed by atoms with Gasteiger partial charge in [0.1, 0.15) is 11.6 Å². The summed E-state index contributed by atoms with van der Waals surface area (Å²) in [7, 11) is 0. The number of hydrogen-bond acceptors (Lipinski definition) is 7. The maximum atomic E-state index is 14.7. The first-order valence-corrected chi connectivity index (χ1v) is 11.4. The third-order valence-electron chi connectivity index (χ3n) is 6.71. The average Bonchev–Trinajstić information content (AvgIpc) is 2.85. The highest BCUT2D eigenvalue weighted by atomic mass is 19.3. The highest BCUT2D eigenvalue weighted by molar-refractivity contribution is 5.94. The Balaban J connectivity index is 1.45. The van der Waals surface area contributed by atoms with E-state index in [1.54, 1.807) is 13.1 Å². The molecule has 180 valence electrons. The summed E-state index contributed by atoms with van der Waals surface area (Å²) in [6.07, 6.45) is -1.09. The number of hydrogen-bond donors (Lipinski definition) is 1. The minimum Gasteiger partial charge on any atom is -0.378 e. The molecule has 2 aliphatic rings. The van der Waals surface area contributed by atoms with Gasteiger partial charge < -0.3 is 15.0 Å². The number of halogens is 3. The number of aromatic nitrogens is 3. The van der Waals surface area contributed by atoms with E-state index in [0.29, 0.717) is 18.5 Å². The number of benzene rings is 1. The predicted molar refractivity (Wildman–Crippen MR) is 124 cm³/mol. The van der Waals surface area contributed by atoms with Crippen LogP contribution in [0.25, 0.3) is 10.8 Å². The van der Waals surface area contributed by atoms with E-state index in [0.717, 1.165) is 61.1 Å². The Morgan fingerprint density at radius 2 is 1.94 bits per heavy atom. The van der Waals surface area contributed by atoms with Crippen molar-refractivity contribution >= 4 is 22.4 Å². The summed E-state index contributed by atoms with van der Waals surface area (Å²) in [5.41, 5.74) is 0.267. The van der Waals surface area contributed by atoms with Crippen molar-refractivity contribution in [1.82, 2.24) is 20.1 Å². The van der Waals surface area contributed by atoms with Crippen LogP contribution in [0.2, 0.25) is 0 Å². The lowest BCUT2D eigenvalue weighted by Gasteiger charge is -2.44. The summed E-state index contributed by atoms with van der Waals surface area (Å²) in [5, 5.41) is 13.3. The number of aryl methyl sites for hydroxylation is 1. The molecule has 2 aromatic heterocycles. The van der Waals surface area contributed by atoms with Gasteiger partial charge in [-0.25, -0.2) is 18.2 Å². The number of nitrogens with zero attached hydrogens (tertiary/aromatic N) is 5.